The molecule has 2 amide bonds. The molecule has 40 heavy (non-hydrogen) atoms. The average Bonchev–Trinajstić information content (AvgIpc) is 2.90. The van der Waals surface area contributed by atoms with Crippen molar-refractivity contribution in [3.05, 3.63) is 87.9 Å². The fourth-order valence-corrected chi connectivity index (χ4v) is 3.80. The highest BCUT2D eigenvalue weighted by atomic mass is 35.5. The van der Waals surface area contributed by atoms with Crippen molar-refractivity contribution < 1.29 is 29.0 Å². The number of carboxylic acid groups (broad SMARTS) is 1. The highest BCUT2D eigenvalue weighted by molar-refractivity contribution is 6.31. The van der Waals surface area contributed by atoms with Crippen LogP contribution in [0.15, 0.2) is 60.7 Å². The number of rotatable bonds is 13. The quantitative estimate of drug-likeness (QED) is 0.102. The zero-order chi connectivity index (χ0) is 29.2. The number of carbonyl (C=O) groups is 3. The summed E-state index contributed by atoms with van der Waals surface area (Å²) in [6.45, 7) is 1.51. The molecule has 0 fully saturated rings. The Balaban J connectivity index is 1.93. The number of aliphatic carboxylic acids is 1. The van der Waals surface area contributed by atoms with Crippen molar-refractivity contribution in [1.29, 1.82) is 5.41 Å². The molecule has 0 spiro atoms. The van der Waals surface area contributed by atoms with Gasteiger partial charge in [-0.15, -0.1) is 0 Å². The van der Waals surface area contributed by atoms with E-state index >= 15 is 0 Å². The molecule has 8 N–H and O–H groups in total. The molecule has 0 aromatic heterocycles. The SMILES string of the molecule is CCOc1cc(/C=C/C(N)=O)cc(CNc2ccc(Cl)cc2C(=O)Nc2ccc(C(=N)N)cc2)c1OCC(=O)O. The van der Waals surface area contributed by atoms with Crippen molar-refractivity contribution in [2.24, 2.45) is 11.5 Å². The Hall–Kier alpha value is -5.03. The van der Waals surface area contributed by atoms with Crippen LogP contribution in [0.4, 0.5) is 11.4 Å². The molecular weight excluding hydrogens is 538 g/mol. The van der Waals surface area contributed by atoms with Gasteiger partial charge < -0.3 is 36.7 Å². The van der Waals surface area contributed by atoms with E-state index in [-0.39, 0.29) is 36.0 Å². The summed E-state index contributed by atoms with van der Waals surface area (Å²) in [7, 11) is 0. The predicted molar refractivity (Wildman–Crippen MR) is 153 cm³/mol. The zero-order valence-electron chi connectivity index (χ0n) is 21.5. The number of ether oxygens (including phenoxy) is 2. The van der Waals surface area contributed by atoms with Crippen molar-refractivity contribution in [2.75, 3.05) is 23.8 Å². The fourth-order valence-electron chi connectivity index (χ4n) is 3.63. The van der Waals surface area contributed by atoms with Crippen LogP contribution < -0.4 is 31.6 Å². The molecular formula is C28H28ClN5O6. The molecule has 0 aliphatic rings. The van der Waals surface area contributed by atoms with Gasteiger partial charge in [-0.2, -0.15) is 0 Å². The van der Waals surface area contributed by atoms with Crippen LogP contribution >= 0.6 is 11.6 Å². The van der Waals surface area contributed by atoms with E-state index < -0.39 is 24.4 Å². The number of hydrogen-bond acceptors (Lipinski definition) is 7. The zero-order valence-corrected chi connectivity index (χ0v) is 22.2. The molecule has 0 radical (unpaired) electrons. The van der Waals surface area contributed by atoms with Crippen LogP contribution in [0.2, 0.25) is 5.02 Å². The molecule has 208 valence electrons. The third-order valence-corrected chi connectivity index (χ3v) is 5.62. The summed E-state index contributed by atoms with van der Waals surface area (Å²) >= 11 is 6.19. The van der Waals surface area contributed by atoms with Crippen LogP contribution in [0.5, 0.6) is 11.5 Å². The molecule has 0 bridgehead atoms. The van der Waals surface area contributed by atoms with Gasteiger partial charge in [0, 0.05) is 40.1 Å². The Kier molecular flexibility index (Phi) is 10.1. The fraction of sp³-hybridized carbons (Fsp3) is 0.143. The van der Waals surface area contributed by atoms with E-state index in [4.69, 9.17) is 43.1 Å². The molecule has 0 heterocycles. The van der Waals surface area contributed by atoms with Gasteiger partial charge in [-0.1, -0.05) is 11.6 Å². The summed E-state index contributed by atoms with van der Waals surface area (Å²) in [5, 5.41) is 23.0. The summed E-state index contributed by atoms with van der Waals surface area (Å²) in [5.41, 5.74) is 13.5. The van der Waals surface area contributed by atoms with Gasteiger partial charge in [0.25, 0.3) is 5.91 Å². The number of amidine groups is 1. The van der Waals surface area contributed by atoms with Crippen molar-refractivity contribution in [3.8, 4) is 11.5 Å². The summed E-state index contributed by atoms with van der Waals surface area (Å²) < 4.78 is 11.2. The summed E-state index contributed by atoms with van der Waals surface area (Å²) in [6, 6.07) is 14.5. The number of nitrogen functional groups attached to an aromatic ring is 1. The smallest absolute Gasteiger partial charge is 0.341 e. The normalized spacial score (nSPS) is 10.7. The van der Waals surface area contributed by atoms with Gasteiger partial charge in [0.15, 0.2) is 18.1 Å². The minimum absolute atomic E-state index is 0.0858. The van der Waals surface area contributed by atoms with Gasteiger partial charge in [-0.25, -0.2) is 4.79 Å². The first-order valence-corrected chi connectivity index (χ1v) is 12.4. The number of anilines is 2. The third-order valence-electron chi connectivity index (χ3n) is 5.38. The molecule has 3 aromatic rings. The number of amides is 2. The van der Waals surface area contributed by atoms with Crippen LogP contribution in [0.25, 0.3) is 6.08 Å². The van der Waals surface area contributed by atoms with E-state index in [1.54, 1.807) is 55.5 Å². The molecule has 0 saturated carbocycles. The number of primary amides is 1. The number of hydrogen-bond donors (Lipinski definition) is 6. The first kappa shape index (κ1) is 29.5. The van der Waals surface area contributed by atoms with E-state index in [1.165, 1.54) is 18.2 Å². The monoisotopic (exact) mass is 565 g/mol. The van der Waals surface area contributed by atoms with Gasteiger partial charge in [-0.3, -0.25) is 15.0 Å². The third kappa shape index (κ3) is 8.23. The van der Waals surface area contributed by atoms with Crippen LogP contribution in [0, 0.1) is 5.41 Å². The van der Waals surface area contributed by atoms with Gasteiger partial charge in [0.05, 0.1) is 12.2 Å². The highest BCUT2D eigenvalue weighted by Gasteiger charge is 2.17. The lowest BCUT2D eigenvalue weighted by Gasteiger charge is -2.18. The maximum absolute atomic E-state index is 13.2. The van der Waals surface area contributed by atoms with E-state index in [2.05, 4.69) is 10.6 Å². The van der Waals surface area contributed by atoms with Crippen molar-refractivity contribution >= 4 is 52.7 Å². The molecule has 0 aliphatic heterocycles. The minimum Gasteiger partial charge on any atom is -0.490 e. The van der Waals surface area contributed by atoms with Gasteiger partial charge >= 0.3 is 5.97 Å². The Labute approximate surface area is 235 Å². The van der Waals surface area contributed by atoms with Crippen LogP contribution in [0.1, 0.15) is 34.0 Å². The second kappa shape index (κ2) is 13.7. The van der Waals surface area contributed by atoms with Crippen LogP contribution in [-0.2, 0) is 16.1 Å². The molecule has 11 nitrogen and oxygen atoms in total. The number of nitrogens with two attached hydrogens (primary N) is 2. The average molecular weight is 566 g/mol. The summed E-state index contributed by atoms with van der Waals surface area (Å²) in [6.07, 6.45) is 2.68. The Morgan fingerprint density at radius 2 is 1.77 bits per heavy atom. The van der Waals surface area contributed by atoms with E-state index in [0.29, 0.717) is 33.1 Å². The number of carboxylic acids is 1. The van der Waals surface area contributed by atoms with E-state index in [1.807, 2.05) is 0 Å². The molecule has 3 rings (SSSR count). The lowest BCUT2D eigenvalue weighted by molar-refractivity contribution is -0.139. The Morgan fingerprint density at radius 3 is 2.40 bits per heavy atom. The van der Waals surface area contributed by atoms with Crippen LogP contribution in [-0.4, -0.2) is 41.9 Å². The Bertz CT molecular complexity index is 1460. The van der Waals surface area contributed by atoms with Crippen molar-refractivity contribution in [2.45, 2.75) is 13.5 Å². The standard InChI is InChI=1S/C28H28ClN5O6/c1-2-39-23-12-16(3-10-24(30)35)11-18(26(23)40-15-25(36)37)14-33-22-9-6-19(29)13-21(22)28(38)34-20-7-4-17(5-8-20)27(31)32/h3-13,33H,2,14-15H2,1H3,(H2,30,35)(H3,31,32)(H,34,38)(H,36,37)/b10-3+. The number of benzene rings is 3. The molecule has 3 aromatic carbocycles. The second-order valence-corrected chi connectivity index (χ2v) is 8.78. The summed E-state index contributed by atoms with van der Waals surface area (Å²) in [4.78, 5) is 35.6. The minimum atomic E-state index is -1.17. The maximum atomic E-state index is 13.2. The summed E-state index contributed by atoms with van der Waals surface area (Å²) in [5.74, 6) is -1.89. The lowest BCUT2D eigenvalue weighted by Crippen LogP contribution is -2.16. The molecule has 0 atom stereocenters. The van der Waals surface area contributed by atoms with E-state index in [9.17, 15) is 14.4 Å². The van der Waals surface area contributed by atoms with Crippen LogP contribution in [0.3, 0.4) is 0 Å². The number of carbonyl (C=O) groups excluding carboxylic acids is 2. The lowest BCUT2D eigenvalue weighted by atomic mass is 10.1. The highest BCUT2D eigenvalue weighted by Crippen LogP contribution is 2.35. The topological polar surface area (TPSA) is 190 Å². The molecule has 12 heteroatoms. The van der Waals surface area contributed by atoms with Crippen molar-refractivity contribution in [3.63, 3.8) is 0 Å². The number of nitrogens with one attached hydrogen (secondary N) is 3. The molecule has 0 aliphatic carbocycles. The maximum Gasteiger partial charge on any atom is 0.341 e. The van der Waals surface area contributed by atoms with E-state index in [0.717, 1.165) is 0 Å². The molecule has 0 unspecified atom stereocenters. The largest absolute Gasteiger partial charge is 0.490 e. The van der Waals surface area contributed by atoms with Gasteiger partial charge in [0.1, 0.15) is 5.84 Å². The predicted octanol–water partition coefficient (Wildman–Crippen LogP) is 3.85. The first-order chi connectivity index (χ1) is 19.1. The molecule has 0 saturated heterocycles. The van der Waals surface area contributed by atoms with Gasteiger partial charge in [-0.05, 0) is 73.2 Å². The van der Waals surface area contributed by atoms with Crippen molar-refractivity contribution in [1.82, 2.24) is 0 Å². The van der Waals surface area contributed by atoms with Gasteiger partial charge in [0.2, 0.25) is 5.91 Å². The first-order valence-electron chi connectivity index (χ1n) is 12.0. The Morgan fingerprint density at radius 1 is 1.05 bits per heavy atom. The second-order valence-electron chi connectivity index (χ2n) is 8.35. The number of halogens is 1.